The smallest absolute Gasteiger partial charge is 0.239 e. The highest BCUT2D eigenvalue weighted by Crippen LogP contribution is 2.09. The SMILES string of the molecule is CCN1CCC(NC)C1=O. The Bertz CT molecular complexity index is 122. The van der Waals surface area contributed by atoms with E-state index in [2.05, 4.69) is 5.32 Å². The fraction of sp³-hybridized carbons (Fsp3) is 0.857. The zero-order valence-electron chi connectivity index (χ0n) is 6.55. The van der Waals surface area contributed by atoms with Gasteiger partial charge < -0.3 is 10.2 Å². The molecule has 1 unspecified atom stereocenters. The first-order valence-corrected chi connectivity index (χ1v) is 3.75. The van der Waals surface area contributed by atoms with Gasteiger partial charge >= 0.3 is 0 Å². The zero-order chi connectivity index (χ0) is 7.56. The lowest BCUT2D eigenvalue weighted by Crippen LogP contribution is -2.36. The lowest BCUT2D eigenvalue weighted by molar-refractivity contribution is -0.129. The molecule has 0 aromatic rings. The van der Waals surface area contributed by atoms with Crippen molar-refractivity contribution in [2.75, 3.05) is 20.1 Å². The Hall–Kier alpha value is -0.570. The van der Waals surface area contributed by atoms with Gasteiger partial charge in [-0.1, -0.05) is 0 Å². The average molecular weight is 142 g/mol. The van der Waals surface area contributed by atoms with Crippen molar-refractivity contribution in [2.45, 2.75) is 19.4 Å². The molecule has 0 radical (unpaired) electrons. The number of nitrogens with one attached hydrogen (secondary N) is 1. The summed E-state index contributed by atoms with van der Waals surface area (Å²) in [6, 6.07) is 0.0833. The van der Waals surface area contributed by atoms with Crippen molar-refractivity contribution >= 4 is 5.91 Å². The number of hydrogen-bond donors (Lipinski definition) is 1. The van der Waals surface area contributed by atoms with E-state index >= 15 is 0 Å². The molecule has 3 heteroatoms. The maximum atomic E-state index is 11.2. The Balaban J connectivity index is 2.49. The number of likely N-dealkylation sites (tertiary alicyclic amines) is 1. The molecule has 1 atom stereocenters. The van der Waals surface area contributed by atoms with Crippen LogP contribution in [0.25, 0.3) is 0 Å². The summed E-state index contributed by atoms with van der Waals surface area (Å²) in [5.41, 5.74) is 0. The standard InChI is InChI=1S/C7H14N2O/c1-3-9-5-4-6(8-2)7(9)10/h6,8H,3-5H2,1-2H3. The molecule has 1 amide bonds. The first-order valence-electron chi connectivity index (χ1n) is 3.75. The predicted molar refractivity (Wildman–Crippen MR) is 39.7 cm³/mol. The van der Waals surface area contributed by atoms with Gasteiger partial charge in [-0.3, -0.25) is 4.79 Å². The monoisotopic (exact) mass is 142 g/mol. The molecule has 1 fully saturated rings. The van der Waals surface area contributed by atoms with Crippen LogP contribution in [0, 0.1) is 0 Å². The topological polar surface area (TPSA) is 32.3 Å². The Labute approximate surface area is 61.4 Å². The van der Waals surface area contributed by atoms with Crippen LogP contribution in [0.4, 0.5) is 0 Å². The van der Waals surface area contributed by atoms with Gasteiger partial charge in [-0.05, 0) is 20.4 Å². The number of carbonyl (C=O) groups excluding carboxylic acids is 1. The molecule has 0 aliphatic carbocycles. The molecule has 1 heterocycles. The van der Waals surface area contributed by atoms with Crippen LogP contribution in [0.2, 0.25) is 0 Å². The molecule has 0 spiro atoms. The van der Waals surface area contributed by atoms with E-state index in [-0.39, 0.29) is 11.9 Å². The molecule has 0 aromatic carbocycles. The molecule has 0 bridgehead atoms. The summed E-state index contributed by atoms with van der Waals surface area (Å²) in [5.74, 6) is 0.255. The quantitative estimate of drug-likeness (QED) is 0.580. The van der Waals surface area contributed by atoms with Crippen LogP contribution in [0.5, 0.6) is 0 Å². The molecule has 1 rings (SSSR count). The van der Waals surface area contributed by atoms with E-state index < -0.39 is 0 Å². The summed E-state index contributed by atoms with van der Waals surface area (Å²) in [5, 5.41) is 2.99. The number of rotatable bonds is 2. The lowest BCUT2D eigenvalue weighted by atomic mass is 10.3. The molecule has 0 saturated carbocycles. The maximum Gasteiger partial charge on any atom is 0.239 e. The molecule has 1 saturated heterocycles. The van der Waals surface area contributed by atoms with E-state index in [1.165, 1.54) is 0 Å². The highest BCUT2D eigenvalue weighted by Gasteiger charge is 2.28. The molecule has 3 nitrogen and oxygen atoms in total. The Kier molecular flexibility index (Phi) is 2.27. The molecular formula is C7H14N2O. The number of carbonyl (C=O) groups is 1. The van der Waals surface area contributed by atoms with E-state index in [1.807, 2.05) is 18.9 Å². The van der Waals surface area contributed by atoms with Crippen molar-refractivity contribution in [1.82, 2.24) is 10.2 Å². The van der Waals surface area contributed by atoms with Gasteiger partial charge in [-0.25, -0.2) is 0 Å². The number of nitrogens with zero attached hydrogens (tertiary/aromatic N) is 1. The third kappa shape index (κ3) is 1.14. The largest absolute Gasteiger partial charge is 0.342 e. The van der Waals surface area contributed by atoms with Gasteiger partial charge in [0.25, 0.3) is 0 Å². The second kappa shape index (κ2) is 3.01. The van der Waals surface area contributed by atoms with Crippen LogP contribution in [0.3, 0.4) is 0 Å². The lowest BCUT2D eigenvalue weighted by Gasteiger charge is -2.12. The van der Waals surface area contributed by atoms with E-state index in [9.17, 15) is 4.79 Å². The highest BCUT2D eigenvalue weighted by atomic mass is 16.2. The van der Waals surface area contributed by atoms with Gasteiger partial charge in [0.15, 0.2) is 0 Å². The average Bonchev–Trinajstić information content (AvgIpc) is 2.30. The van der Waals surface area contributed by atoms with E-state index in [0.717, 1.165) is 19.5 Å². The molecule has 58 valence electrons. The van der Waals surface area contributed by atoms with Gasteiger partial charge in [0.05, 0.1) is 6.04 Å². The fourth-order valence-corrected chi connectivity index (χ4v) is 1.32. The van der Waals surface area contributed by atoms with Crippen molar-refractivity contribution in [3.05, 3.63) is 0 Å². The van der Waals surface area contributed by atoms with Crippen LogP contribution in [0.1, 0.15) is 13.3 Å². The Morgan fingerprint density at radius 2 is 2.50 bits per heavy atom. The van der Waals surface area contributed by atoms with Crippen LogP contribution >= 0.6 is 0 Å². The number of likely N-dealkylation sites (N-methyl/N-ethyl adjacent to an activating group) is 2. The van der Waals surface area contributed by atoms with Crippen LogP contribution in [-0.4, -0.2) is 37.0 Å². The van der Waals surface area contributed by atoms with Crippen molar-refractivity contribution in [1.29, 1.82) is 0 Å². The molecule has 10 heavy (non-hydrogen) atoms. The third-order valence-electron chi connectivity index (χ3n) is 2.03. The first kappa shape index (κ1) is 7.54. The second-order valence-corrected chi connectivity index (χ2v) is 2.55. The van der Waals surface area contributed by atoms with Gasteiger partial charge in [0, 0.05) is 13.1 Å². The van der Waals surface area contributed by atoms with Gasteiger partial charge in [0.1, 0.15) is 0 Å². The molecule has 1 aliphatic rings. The summed E-state index contributed by atoms with van der Waals surface area (Å²) in [6.07, 6.45) is 0.961. The Morgan fingerprint density at radius 3 is 2.80 bits per heavy atom. The van der Waals surface area contributed by atoms with Crippen molar-refractivity contribution in [2.24, 2.45) is 0 Å². The van der Waals surface area contributed by atoms with Gasteiger partial charge in [0.2, 0.25) is 5.91 Å². The number of hydrogen-bond acceptors (Lipinski definition) is 2. The number of amides is 1. The molecule has 1 aliphatic heterocycles. The van der Waals surface area contributed by atoms with Crippen LogP contribution in [0.15, 0.2) is 0 Å². The minimum absolute atomic E-state index is 0.0833. The van der Waals surface area contributed by atoms with E-state index in [0.29, 0.717) is 0 Å². The van der Waals surface area contributed by atoms with Crippen LogP contribution in [-0.2, 0) is 4.79 Å². The van der Waals surface area contributed by atoms with Gasteiger partial charge in [-0.15, -0.1) is 0 Å². The highest BCUT2D eigenvalue weighted by molar-refractivity contribution is 5.83. The fourth-order valence-electron chi connectivity index (χ4n) is 1.32. The normalized spacial score (nSPS) is 26.0. The Morgan fingerprint density at radius 1 is 1.80 bits per heavy atom. The van der Waals surface area contributed by atoms with Crippen molar-refractivity contribution in [3.8, 4) is 0 Å². The molecule has 0 aromatic heterocycles. The summed E-state index contributed by atoms with van der Waals surface area (Å²) < 4.78 is 0. The summed E-state index contributed by atoms with van der Waals surface area (Å²) >= 11 is 0. The summed E-state index contributed by atoms with van der Waals surface area (Å²) in [6.45, 7) is 3.77. The maximum absolute atomic E-state index is 11.2. The van der Waals surface area contributed by atoms with E-state index in [4.69, 9.17) is 0 Å². The summed E-state index contributed by atoms with van der Waals surface area (Å²) in [4.78, 5) is 13.1. The van der Waals surface area contributed by atoms with E-state index in [1.54, 1.807) is 0 Å². The van der Waals surface area contributed by atoms with Crippen LogP contribution < -0.4 is 5.32 Å². The van der Waals surface area contributed by atoms with Gasteiger partial charge in [-0.2, -0.15) is 0 Å². The van der Waals surface area contributed by atoms with Crippen molar-refractivity contribution < 1.29 is 4.79 Å². The first-order chi connectivity index (χ1) is 4.79. The molecule has 1 N–H and O–H groups in total. The molecular weight excluding hydrogens is 128 g/mol. The second-order valence-electron chi connectivity index (χ2n) is 2.55. The minimum atomic E-state index is 0.0833. The predicted octanol–water partition coefficient (Wildman–Crippen LogP) is -0.173. The van der Waals surface area contributed by atoms with Crippen molar-refractivity contribution in [3.63, 3.8) is 0 Å². The zero-order valence-corrected chi connectivity index (χ0v) is 6.55. The minimum Gasteiger partial charge on any atom is -0.342 e. The third-order valence-corrected chi connectivity index (χ3v) is 2.03. The summed E-state index contributed by atoms with van der Waals surface area (Å²) in [7, 11) is 1.84.